The van der Waals surface area contributed by atoms with E-state index >= 15 is 0 Å². The van der Waals surface area contributed by atoms with Crippen LogP contribution in [0.25, 0.3) is 33.2 Å². The quantitative estimate of drug-likeness (QED) is 0.107. The first-order chi connectivity index (χ1) is 22.5. The Morgan fingerprint density at radius 2 is 1.89 bits per heavy atom. The van der Waals surface area contributed by atoms with Crippen LogP contribution in [0.3, 0.4) is 0 Å². The molecule has 1 aliphatic rings. The molecule has 3 aromatic carbocycles. The summed E-state index contributed by atoms with van der Waals surface area (Å²) in [6.07, 6.45) is 1.91. The number of anilines is 2. The summed E-state index contributed by atoms with van der Waals surface area (Å²) in [6.45, 7) is 12.2. The van der Waals surface area contributed by atoms with E-state index in [1.807, 2.05) is 31.2 Å². The molecule has 0 amide bonds. The molecule has 0 bridgehead atoms. The Bertz CT molecular complexity index is 1950. The van der Waals surface area contributed by atoms with E-state index in [2.05, 4.69) is 15.3 Å². The van der Waals surface area contributed by atoms with Crippen LogP contribution in [0.2, 0.25) is 0 Å². The molecule has 13 heteroatoms. The summed E-state index contributed by atoms with van der Waals surface area (Å²) in [5, 5.41) is 20.6. The Morgan fingerprint density at radius 3 is 2.66 bits per heavy atom. The minimum Gasteiger partial charge on any atom is -0.493 e. The van der Waals surface area contributed by atoms with Crippen molar-refractivity contribution in [3.8, 4) is 17.1 Å². The highest BCUT2D eigenvalue weighted by molar-refractivity contribution is 5.95. The molecule has 244 valence electrons. The van der Waals surface area contributed by atoms with Crippen molar-refractivity contribution in [1.29, 1.82) is 0 Å². The van der Waals surface area contributed by atoms with Crippen molar-refractivity contribution in [3.05, 3.63) is 76.5 Å². The number of morpholine rings is 1. The zero-order valence-electron chi connectivity index (χ0n) is 26.9. The van der Waals surface area contributed by atoms with E-state index in [-0.39, 0.29) is 5.69 Å². The SMILES string of the molecule is Cc1cc2nc(-c3cccc([N+](=O)[O-])c3)nc(Nc3ccc4c(cnn4C(=O)OC(C)(C)C)c3)c2cc1OCCCN1CCOCC1. The van der Waals surface area contributed by atoms with Crippen LogP contribution in [-0.2, 0) is 9.47 Å². The van der Waals surface area contributed by atoms with Crippen molar-refractivity contribution in [2.75, 3.05) is 44.8 Å². The largest absolute Gasteiger partial charge is 0.493 e. The summed E-state index contributed by atoms with van der Waals surface area (Å²) < 4.78 is 18.4. The first kappa shape index (κ1) is 31.8. The smallest absolute Gasteiger partial charge is 0.435 e. The number of hydrogen-bond acceptors (Lipinski definition) is 11. The maximum Gasteiger partial charge on any atom is 0.435 e. The molecular formula is C34H37N7O6. The van der Waals surface area contributed by atoms with Crippen LogP contribution in [-0.4, -0.2) is 80.7 Å². The van der Waals surface area contributed by atoms with E-state index in [1.165, 1.54) is 16.8 Å². The molecule has 0 unspecified atom stereocenters. The number of aryl methyl sites for hydroxylation is 1. The number of nitro groups is 1. The number of nitrogens with one attached hydrogen (secondary N) is 1. The molecule has 13 nitrogen and oxygen atoms in total. The van der Waals surface area contributed by atoms with E-state index in [0.717, 1.165) is 61.4 Å². The third-order valence-electron chi connectivity index (χ3n) is 7.68. The van der Waals surface area contributed by atoms with Crippen molar-refractivity contribution in [3.63, 3.8) is 0 Å². The second-order valence-corrected chi connectivity index (χ2v) is 12.4. The molecule has 2 aromatic heterocycles. The fourth-order valence-corrected chi connectivity index (χ4v) is 5.39. The van der Waals surface area contributed by atoms with Gasteiger partial charge in [0.1, 0.15) is 17.2 Å². The number of carbonyl (C=O) groups excluding carboxylic acids is 1. The Hall–Kier alpha value is -5.14. The van der Waals surface area contributed by atoms with Gasteiger partial charge in [0.05, 0.1) is 42.0 Å². The lowest BCUT2D eigenvalue weighted by molar-refractivity contribution is -0.384. The highest BCUT2D eigenvalue weighted by Crippen LogP contribution is 2.34. The number of benzene rings is 3. The number of hydrogen-bond donors (Lipinski definition) is 1. The van der Waals surface area contributed by atoms with Crippen LogP contribution in [0.15, 0.2) is 60.8 Å². The van der Waals surface area contributed by atoms with Crippen LogP contribution in [0, 0.1) is 17.0 Å². The highest BCUT2D eigenvalue weighted by atomic mass is 16.6. The summed E-state index contributed by atoms with van der Waals surface area (Å²) >= 11 is 0. The highest BCUT2D eigenvalue weighted by Gasteiger charge is 2.21. The van der Waals surface area contributed by atoms with E-state index in [0.29, 0.717) is 40.5 Å². The van der Waals surface area contributed by atoms with Crippen LogP contribution >= 0.6 is 0 Å². The van der Waals surface area contributed by atoms with Gasteiger partial charge in [0.25, 0.3) is 5.69 Å². The van der Waals surface area contributed by atoms with Gasteiger partial charge in [-0.25, -0.2) is 14.8 Å². The summed E-state index contributed by atoms with van der Waals surface area (Å²) in [6, 6.07) is 15.6. The normalized spacial score (nSPS) is 14.0. The zero-order chi connectivity index (χ0) is 33.1. The predicted molar refractivity (Wildman–Crippen MR) is 178 cm³/mol. The molecule has 0 atom stereocenters. The van der Waals surface area contributed by atoms with Crippen LogP contribution in [0.5, 0.6) is 5.75 Å². The van der Waals surface area contributed by atoms with Gasteiger partial charge >= 0.3 is 6.09 Å². The number of fused-ring (bicyclic) bond motifs is 2. The third-order valence-corrected chi connectivity index (χ3v) is 7.68. The molecule has 1 aliphatic heterocycles. The topological polar surface area (TPSA) is 147 Å². The molecule has 47 heavy (non-hydrogen) atoms. The van der Waals surface area contributed by atoms with Gasteiger partial charge in [-0.15, -0.1) is 0 Å². The van der Waals surface area contributed by atoms with Gasteiger partial charge in [-0.2, -0.15) is 9.78 Å². The fourth-order valence-electron chi connectivity index (χ4n) is 5.39. The fraction of sp³-hybridized carbons (Fsp3) is 0.353. The van der Waals surface area contributed by atoms with Gasteiger partial charge in [0.15, 0.2) is 5.82 Å². The van der Waals surface area contributed by atoms with E-state index < -0.39 is 16.6 Å². The lowest BCUT2D eigenvalue weighted by Gasteiger charge is -2.26. The van der Waals surface area contributed by atoms with Crippen molar-refractivity contribution in [2.45, 2.75) is 39.7 Å². The predicted octanol–water partition coefficient (Wildman–Crippen LogP) is 6.49. The van der Waals surface area contributed by atoms with Crippen molar-refractivity contribution in [2.24, 2.45) is 0 Å². The Kier molecular flexibility index (Phi) is 9.01. The number of non-ortho nitro benzene ring substituents is 1. The molecule has 1 fully saturated rings. The van der Waals surface area contributed by atoms with Gasteiger partial charge in [0.2, 0.25) is 0 Å². The first-order valence-electron chi connectivity index (χ1n) is 15.5. The summed E-state index contributed by atoms with van der Waals surface area (Å²) in [7, 11) is 0. The van der Waals surface area contributed by atoms with Gasteiger partial charge in [-0.05, 0) is 70.0 Å². The van der Waals surface area contributed by atoms with Crippen LogP contribution in [0.1, 0.15) is 32.8 Å². The van der Waals surface area contributed by atoms with E-state index in [9.17, 15) is 14.9 Å². The lowest BCUT2D eigenvalue weighted by atomic mass is 10.1. The van der Waals surface area contributed by atoms with Gasteiger partial charge in [0, 0.05) is 53.8 Å². The van der Waals surface area contributed by atoms with Crippen molar-refractivity contribution >= 4 is 45.1 Å². The monoisotopic (exact) mass is 639 g/mol. The van der Waals surface area contributed by atoms with Gasteiger partial charge < -0.3 is 19.5 Å². The molecule has 5 aromatic rings. The van der Waals surface area contributed by atoms with Gasteiger partial charge in [-0.3, -0.25) is 15.0 Å². The number of ether oxygens (including phenoxy) is 3. The zero-order valence-corrected chi connectivity index (χ0v) is 26.9. The second-order valence-electron chi connectivity index (χ2n) is 12.4. The average Bonchev–Trinajstić information content (AvgIpc) is 3.47. The molecule has 0 radical (unpaired) electrons. The maximum absolute atomic E-state index is 12.7. The number of nitro benzene ring substituents is 1. The second kappa shape index (κ2) is 13.3. The summed E-state index contributed by atoms with van der Waals surface area (Å²) in [5.41, 5.74) is 2.66. The molecule has 0 aliphatic carbocycles. The number of nitrogens with zero attached hydrogens (tertiary/aromatic N) is 6. The maximum atomic E-state index is 12.7. The molecule has 0 saturated carbocycles. The average molecular weight is 640 g/mol. The third kappa shape index (κ3) is 7.47. The minimum atomic E-state index is -0.661. The van der Waals surface area contributed by atoms with Crippen LogP contribution in [0.4, 0.5) is 22.0 Å². The first-order valence-corrected chi connectivity index (χ1v) is 15.5. The Labute approximate surface area is 271 Å². The summed E-state index contributed by atoms with van der Waals surface area (Å²) in [4.78, 5) is 35.8. The molecule has 3 heterocycles. The number of aromatic nitrogens is 4. The number of carbonyl (C=O) groups is 1. The number of rotatable bonds is 9. The van der Waals surface area contributed by atoms with Crippen molar-refractivity contribution < 1.29 is 23.9 Å². The van der Waals surface area contributed by atoms with E-state index in [1.54, 1.807) is 45.2 Å². The van der Waals surface area contributed by atoms with Crippen molar-refractivity contribution in [1.82, 2.24) is 24.6 Å². The Morgan fingerprint density at radius 1 is 1.09 bits per heavy atom. The standard InChI is InChI=1S/C34H37N7O6/c1-22-17-28-27(20-30(22)46-14-6-11-39-12-15-45-16-13-39)32(38-31(37-28)23-7-5-8-26(19-23)41(43)44)36-25-9-10-29-24(18-25)21-35-40(29)33(42)47-34(2,3)4/h5,7-10,17-21H,6,11-16H2,1-4H3,(H,36,37,38). The Balaban J connectivity index is 1.33. The molecular weight excluding hydrogens is 602 g/mol. The van der Waals surface area contributed by atoms with Gasteiger partial charge in [-0.1, -0.05) is 12.1 Å². The molecule has 1 N–H and O–H groups in total. The van der Waals surface area contributed by atoms with E-state index in [4.69, 9.17) is 24.2 Å². The molecule has 1 saturated heterocycles. The van der Waals surface area contributed by atoms with Crippen LogP contribution < -0.4 is 10.1 Å². The molecule has 6 rings (SSSR count). The summed E-state index contributed by atoms with van der Waals surface area (Å²) in [5.74, 6) is 1.55. The molecule has 0 spiro atoms. The minimum absolute atomic E-state index is 0.0508. The lowest BCUT2D eigenvalue weighted by Crippen LogP contribution is -2.37.